The average molecular weight is 338 g/mol. The average Bonchev–Trinajstić information content (AvgIpc) is 3.11. The van der Waals surface area contributed by atoms with E-state index in [9.17, 15) is 9.90 Å². The first-order valence-corrected chi connectivity index (χ1v) is 8.70. The van der Waals surface area contributed by atoms with Crippen LogP contribution in [0.2, 0.25) is 5.02 Å². The zero-order chi connectivity index (χ0) is 16.6. The quantitative estimate of drug-likeness (QED) is 0.804. The number of benzene rings is 1. The molecule has 1 aromatic carbocycles. The second-order valence-electron chi connectivity index (χ2n) is 6.78. The standard InChI is InChI=1S/C18H24ClNO3/c1-3-16(23-2)20(17(21)22)15-10-12-8-9-18(15,11-12)13-6-4-5-7-14(13)19/h4-7,12,15-16H,3,8-11H2,1-2H3,(H,21,22)/t12?,15-,16?,18-/m0/s1. The Morgan fingerprint density at radius 1 is 1.52 bits per heavy atom. The summed E-state index contributed by atoms with van der Waals surface area (Å²) in [5, 5.41) is 10.6. The summed E-state index contributed by atoms with van der Waals surface area (Å²) in [7, 11) is 1.58. The van der Waals surface area contributed by atoms with Gasteiger partial charge in [-0.05, 0) is 49.7 Å². The number of amides is 1. The van der Waals surface area contributed by atoms with Gasteiger partial charge in [-0.2, -0.15) is 0 Å². The van der Waals surface area contributed by atoms with E-state index in [0.717, 1.165) is 36.3 Å². The molecule has 1 aromatic rings. The number of carboxylic acid groups (broad SMARTS) is 1. The molecule has 2 unspecified atom stereocenters. The van der Waals surface area contributed by atoms with Crippen LogP contribution in [-0.4, -0.2) is 35.5 Å². The predicted molar refractivity (Wildman–Crippen MR) is 89.8 cm³/mol. The van der Waals surface area contributed by atoms with Crippen LogP contribution in [0, 0.1) is 5.92 Å². The molecule has 1 amide bonds. The normalized spacial score (nSPS) is 30.4. The Hall–Kier alpha value is -1.26. The summed E-state index contributed by atoms with van der Waals surface area (Å²) in [5.41, 5.74) is 0.928. The van der Waals surface area contributed by atoms with Crippen molar-refractivity contribution in [1.29, 1.82) is 0 Å². The molecule has 1 N–H and O–H groups in total. The molecule has 2 aliphatic rings. The van der Waals surface area contributed by atoms with Crippen LogP contribution in [0.4, 0.5) is 4.79 Å². The molecule has 4 nitrogen and oxygen atoms in total. The molecule has 0 saturated heterocycles. The molecule has 0 spiro atoms. The van der Waals surface area contributed by atoms with Gasteiger partial charge in [0, 0.05) is 23.6 Å². The van der Waals surface area contributed by atoms with Crippen LogP contribution >= 0.6 is 11.6 Å². The zero-order valence-electron chi connectivity index (χ0n) is 13.7. The van der Waals surface area contributed by atoms with Crippen molar-refractivity contribution < 1.29 is 14.6 Å². The number of carbonyl (C=O) groups is 1. The summed E-state index contributed by atoms with van der Waals surface area (Å²) >= 11 is 6.49. The van der Waals surface area contributed by atoms with Crippen molar-refractivity contribution in [1.82, 2.24) is 4.90 Å². The van der Waals surface area contributed by atoms with Gasteiger partial charge >= 0.3 is 6.09 Å². The van der Waals surface area contributed by atoms with Crippen LogP contribution in [0.25, 0.3) is 0 Å². The summed E-state index contributed by atoms with van der Waals surface area (Å²) in [4.78, 5) is 13.5. The number of ether oxygens (including phenoxy) is 1. The van der Waals surface area contributed by atoms with Gasteiger partial charge in [0.15, 0.2) is 0 Å². The van der Waals surface area contributed by atoms with Crippen molar-refractivity contribution in [3.63, 3.8) is 0 Å². The molecular weight excluding hydrogens is 314 g/mol. The predicted octanol–water partition coefficient (Wildman–Crippen LogP) is 4.51. The number of rotatable bonds is 5. The minimum absolute atomic E-state index is 0.0662. The lowest BCUT2D eigenvalue weighted by Gasteiger charge is -2.44. The van der Waals surface area contributed by atoms with Gasteiger partial charge in [-0.3, -0.25) is 4.90 Å². The Morgan fingerprint density at radius 2 is 2.26 bits per heavy atom. The third-order valence-corrected chi connectivity index (χ3v) is 6.07. The van der Waals surface area contributed by atoms with E-state index in [1.165, 1.54) is 0 Å². The summed E-state index contributed by atoms with van der Waals surface area (Å²) in [5.74, 6) is 0.576. The van der Waals surface area contributed by atoms with Gasteiger partial charge in [-0.1, -0.05) is 36.7 Å². The molecular formula is C18H24ClNO3. The number of hydrogen-bond acceptors (Lipinski definition) is 2. The summed E-state index contributed by atoms with van der Waals surface area (Å²) in [6.07, 6.45) is 3.40. The maximum atomic E-state index is 12.0. The van der Waals surface area contributed by atoms with Gasteiger partial charge in [0.1, 0.15) is 6.23 Å². The molecule has 2 fully saturated rings. The molecule has 0 aliphatic heterocycles. The van der Waals surface area contributed by atoms with E-state index in [1.54, 1.807) is 12.0 Å². The summed E-state index contributed by atoms with van der Waals surface area (Å²) in [6, 6.07) is 7.84. The van der Waals surface area contributed by atoms with Gasteiger partial charge in [0.25, 0.3) is 0 Å². The second kappa shape index (κ2) is 6.33. The van der Waals surface area contributed by atoms with E-state index in [2.05, 4.69) is 6.07 Å². The van der Waals surface area contributed by atoms with Crippen LogP contribution in [0.1, 0.15) is 44.6 Å². The first-order chi connectivity index (χ1) is 11.0. The number of halogens is 1. The van der Waals surface area contributed by atoms with Crippen LogP contribution in [0.15, 0.2) is 24.3 Å². The van der Waals surface area contributed by atoms with Crippen LogP contribution < -0.4 is 0 Å². The van der Waals surface area contributed by atoms with E-state index >= 15 is 0 Å². The van der Waals surface area contributed by atoms with E-state index in [4.69, 9.17) is 16.3 Å². The van der Waals surface area contributed by atoms with Crippen molar-refractivity contribution >= 4 is 17.7 Å². The summed E-state index contributed by atoms with van der Waals surface area (Å²) in [6.45, 7) is 1.96. The van der Waals surface area contributed by atoms with Crippen LogP contribution in [0.5, 0.6) is 0 Å². The minimum Gasteiger partial charge on any atom is -0.465 e. The van der Waals surface area contributed by atoms with Gasteiger partial charge in [0.05, 0.1) is 0 Å². The van der Waals surface area contributed by atoms with E-state index < -0.39 is 12.3 Å². The SMILES string of the molecule is CCC(OC)N(C(=O)O)[C@H]1CC2CC[C@@]1(c1ccccc1Cl)C2. The molecule has 2 aliphatic carbocycles. The van der Waals surface area contributed by atoms with Crippen molar-refractivity contribution in [3.8, 4) is 0 Å². The Kier molecular flexibility index (Phi) is 4.56. The van der Waals surface area contributed by atoms with Gasteiger partial charge in [-0.15, -0.1) is 0 Å². The maximum Gasteiger partial charge on any atom is 0.409 e. The maximum absolute atomic E-state index is 12.0. The van der Waals surface area contributed by atoms with Crippen molar-refractivity contribution in [2.45, 2.75) is 56.7 Å². The highest BCUT2D eigenvalue weighted by atomic mass is 35.5. The Balaban J connectivity index is 2.04. The molecule has 4 atom stereocenters. The first-order valence-electron chi connectivity index (χ1n) is 8.32. The zero-order valence-corrected chi connectivity index (χ0v) is 14.4. The Labute approximate surface area is 142 Å². The summed E-state index contributed by atoms with van der Waals surface area (Å²) < 4.78 is 5.47. The number of nitrogens with zero attached hydrogens (tertiary/aromatic N) is 1. The lowest BCUT2D eigenvalue weighted by atomic mass is 9.73. The molecule has 0 aromatic heterocycles. The van der Waals surface area contributed by atoms with Gasteiger partial charge < -0.3 is 9.84 Å². The van der Waals surface area contributed by atoms with Crippen LogP contribution in [0.3, 0.4) is 0 Å². The van der Waals surface area contributed by atoms with Gasteiger partial charge in [0.2, 0.25) is 0 Å². The highest BCUT2D eigenvalue weighted by Crippen LogP contribution is 2.58. The lowest BCUT2D eigenvalue weighted by molar-refractivity contribution is -0.0574. The molecule has 0 radical (unpaired) electrons. The van der Waals surface area contributed by atoms with Crippen molar-refractivity contribution in [2.75, 3.05) is 7.11 Å². The third-order valence-electron chi connectivity index (χ3n) is 5.74. The second-order valence-corrected chi connectivity index (χ2v) is 7.19. The largest absolute Gasteiger partial charge is 0.465 e. The molecule has 23 heavy (non-hydrogen) atoms. The van der Waals surface area contributed by atoms with Crippen LogP contribution in [-0.2, 0) is 10.2 Å². The topological polar surface area (TPSA) is 49.8 Å². The van der Waals surface area contributed by atoms with E-state index in [1.807, 2.05) is 25.1 Å². The van der Waals surface area contributed by atoms with Crippen molar-refractivity contribution in [3.05, 3.63) is 34.9 Å². The Morgan fingerprint density at radius 3 is 2.83 bits per heavy atom. The number of methoxy groups -OCH3 is 1. The highest BCUT2D eigenvalue weighted by Gasteiger charge is 2.57. The number of hydrogen-bond donors (Lipinski definition) is 1. The molecule has 2 bridgehead atoms. The van der Waals surface area contributed by atoms with Crippen molar-refractivity contribution in [2.24, 2.45) is 5.92 Å². The van der Waals surface area contributed by atoms with E-state index in [0.29, 0.717) is 12.3 Å². The fourth-order valence-corrected chi connectivity index (χ4v) is 5.15. The molecule has 2 saturated carbocycles. The highest BCUT2D eigenvalue weighted by molar-refractivity contribution is 6.31. The van der Waals surface area contributed by atoms with E-state index in [-0.39, 0.29) is 11.5 Å². The monoisotopic (exact) mass is 337 g/mol. The molecule has 5 heteroatoms. The Bertz CT molecular complexity index is 589. The fourth-order valence-electron chi connectivity index (χ4n) is 4.83. The lowest BCUT2D eigenvalue weighted by Crippen LogP contribution is -2.54. The molecule has 126 valence electrons. The molecule has 3 rings (SSSR count). The third kappa shape index (κ3) is 2.62. The smallest absolute Gasteiger partial charge is 0.409 e. The first kappa shape index (κ1) is 16.6. The number of fused-ring (bicyclic) bond motifs is 2. The minimum atomic E-state index is -0.900. The fraction of sp³-hybridized carbons (Fsp3) is 0.611. The van der Waals surface area contributed by atoms with Gasteiger partial charge in [-0.25, -0.2) is 4.79 Å². The molecule has 0 heterocycles.